The summed E-state index contributed by atoms with van der Waals surface area (Å²) in [6, 6.07) is 5.66. The number of non-ortho nitro benzene ring substituents is 1. The molecule has 0 radical (unpaired) electrons. The number of rotatable bonds is 6. The Morgan fingerprint density at radius 3 is 2.91 bits per heavy atom. The number of amides is 1. The fourth-order valence-electron chi connectivity index (χ4n) is 2.31. The van der Waals surface area contributed by atoms with E-state index in [1.807, 2.05) is 6.08 Å². The van der Waals surface area contributed by atoms with Crippen molar-refractivity contribution >= 4 is 11.6 Å². The van der Waals surface area contributed by atoms with E-state index in [4.69, 9.17) is 0 Å². The molecular weight excluding hydrogens is 284 g/mol. The molecule has 118 valence electrons. The third-order valence-electron chi connectivity index (χ3n) is 3.49. The molecule has 22 heavy (non-hydrogen) atoms. The van der Waals surface area contributed by atoms with Crippen molar-refractivity contribution in [1.82, 2.24) is 15.8 Å². The number of nitrogens with zero attached hydrogens (tertiary/aromatic N) is 2. The minimum absolute atomic E-state index is 0.0975. The zero-order valence-corrected chi connectivity index (χ0v) is 12.5. The van der Waals surface area contributed by atoms with Gasteiger partial charge in [-0.3, -0.25) is 25.2 Å². The zero-order chi connectivity index (χ0) is 15.9. The van der Waals surface area contributed by atoms with Gasteiger partial charge in [-0.2, -0.15) is 0 Å². The number of benzene rings is 1. The Morgan fingerprint density at radius 1 is 1.45 bits per heavy atom. The second kappa shape index (κ2) is 7.56. The summed E-state index contributed by atoms with van der Waals surface area (Å²) >= 11 is 0. The van der Waals surface area contributed by atoms with E-state index in [2.05, 4.69) is 22.7 Å². The Hall–Kier alpha value is -2.41. The molecule has 0 aromatic heterocycles. The van der Waals surface area contributed by atoms with Gasteiger partial charge in [-0.05, 0) is 25.1 Å². The first-order chi connectivity index (χ1) is 10.6. The molecule has 0 saturated carbocycles. The van der Waals surface area contributed by atoms with Crippen molar-refractivity contribution in [3.63, 3.8) is 0 Å². The molecule has 0 atom stereocenters. The SMILES string of the molecule is CCCN1CC=C(NNC(=O)c2cccc([N+](=O)[O-])c2)CC1. The van der Waals surface area contributed by atoms with E-state index in [-0.39, 0.29) is 17.2 Å². The molecule has 1 aliphatic heterocycles. The van der Waals surface area contributed by atoms with E-state index >= 15 is 0 Å². The molecule has 1 aliphatic rings. The molecule has 1 aromatic carbocycles. The van der Waals surface area contributed by atoms with Gasteiger partial charge in [0.25, 0.3) is 11.6 Å². The van der Waals surface area contributed by atoms with Crippen LogP contribution in [0.3, 0.4) is 0 Å². The molecule has 7 nitrogen and oxygen atoms in total. The third-order valence-corrected chi connectivity index (χ3v) is 3.49. The standard InChI is InChI=1S/C15H20N4O3/c1-2-8-18-9-6-13(7-10-18)16-17-15(20)12-4-3-5-14(11-12)19(21)22/h3-6,11,16H,2,7-10H2,1H3,(H,17,20). The van der Waals surface area contributed by atoms with Crippen LogP contribution in [0, 0.1) is 10.1 Å². The highest BCUT2D eigenvalue weighted by molar-refractivity contribution is 5.94. The summed E-state index contributed by atoms with van der Waals surface area (Å²) in [7, 11) is 0. The van der Waals surface area contributed by atoms with Crippen molar-refractivity contribution in [1.29, 1.82) is 0 Å². The lowest BCUT2D eigenvalue weighted by molar-refractivity contribution is -0.384. The van der Waals surface area contributed by atoms with E-state index in [1.165, 1.54) is 18.2 Å². The highest BCUT2D eigenvalue weighted by Crippen LogP contribution is 2.13. The van der Waals surface area contributed by atoms with Gasteiger partial charge in [0, 0.05) is 42.9 Å². The number of nitrogens with one attached hydrogen (secondary N) is 2. The smallest absolute Gasteiger partial charge is 0.270 e. The topological polar surface area (TPSA) is 87.5 Å². The summed E-state index contributed by atoms with van der Waals surface area (Å²) in [6.45, 7) is 5.04. The first-order valence-electron chi connectivity index (χ1n) is 7.32. The first kappa shape index (κ1) is 16.0. The fourth-order valence-corrected chi connectivity index (χ4v) is 2.31. The zero-order valence-electron chi connectivity index (χ0n) is 12.5. The van der Waals surface area contributed by atoms with E-state index in [9.17, 15) is 14.9 Å². The predicted octanol–water partition coefficient (Wildman–Crippen LogP) is 1.83. The predicted molar refractivity (Wildman–Crippen MR) is 83.1 cm³/mol. The second-order valence-corrected chi connectivity index (χ2v) is 5.17. The molecule has 0 aliphatic carbocycles. The van der Waals surface area contributed by atoms with Crippen LogP contribution in [0.4, 0.5) is 5.69 Å². The molecule has 2 N–H and O–H groups in total. The lowest BCUT2D eigenvalue weighted by Gasteiger charge is -2.26. The van der Waals surface area contributed by atoms with Gasteiger partial charge in [0.1, 0.15) is 0 Å². The van der Waals surface area contributed by atoms with Gasteiger partial charge in [-0.15, -0.1) is 0 Å². The van der Waals surface area contributed by atoms with Crippen LogP contribution in [-0.4, -0.2) is 35.4 Å². The van der Waals surface area contributed by atoms with Crippen molar-refractivity contribution < 1.29 is 9.72 Å². The number of carbonyl (C=O) groups is 1. The average Bonchev–Trinajstić information content (AvgIpc) is 2.54. The minimum Gasteiger partial charge on any atom is -0.303 e. The van der Waals surface area contributed by atoms with Crippen LogP contribution < -0.4 is 10.9 Å². The molecule has 0 unspecified atom stereocenters. The lowest BCUT2D eigenvalue weighted by Crippen LogP contribution is -2.40. The molecule has 1 heterocycles. The first-order valence-corrected chi connectivity index (χ1v) is 7.32. The van der Waals surface area contributed by atoms with Crippen molar-refractivity contribution in [2.75, 3.05) is 19.6 Å². The summed E-state index contributed by atoms with van der Waals surface area (Å²) in [4.78, 5) is 24.5. The van der Waals surface area contributed by atoms with Gasteiger partial charge >= 0.3 is 0 Å². The molecule has 1 amide bonds. The minimum atomic E-state index is -0.518. The normalized spacial score (nSPS) is 15.0. The monoisotopic (exact) mass is 304 g/mol. The van der Waals surface area contributed by atoms with Crippen LogP contribution in [-0.2, 0) is 0 Å². The molecule has 7 heteroatoms. The number of hydrogen-bond acceptors (Lipinski definition) is 5. The summed E-state index contributed by atoms with van der Waals surface area (Å²) in [5.41, 5.74) is 6.60. The van der Waals surface area contributed by atoms with E-state index in [0.29, 0.717) is 0 Å². The third kappa shape index (κ3) is 4.29. The van der Waals surface area contributed by atoms with Crippen molar-refractivity contribution in [2.24, 2.45) is 0 Å². The Balaban J connectivity index is 1.88. The Bertz CT molecular complexity index is 586. The van der Waals surface area contributed by atoms with Crippen LogP contribution in [0.5, 0.6) is 0 Å². The van der Waals surface area contributed by atoms with Crippen LogP contribution in [0.2, 0.25) is 0 Å². The summed E-state index contributed by atoms with van der Waals surface area (Å²) in [5, 5.41) is 10.7. The summed E-state index contributed by atoms with van der Waals surface area (Å²) < 4.78 is 0. The maximum Gasteiger partial charge on any atom is 0.270 e. The Labute approximate surface area is 129 Å². The molecule has 1 aromatic rings. The van der Waals surface area contributed by atoms with Gasteiger partial charge in [0.2, 0.25) is 0 Å². The van der Waals surface area contributed by atoms with E-state index in [1.54, 1.807) is 6.07 Å². The molecule has 0 spiro atoms. The van der Waals surface area contributed by atoms with Crippen LogP contribution in [0.15, 0.2) is 36.0 Å². The fraction of sp³-hybridized carbons (Fsp3) is 0.400. The maximum absolute atomic E-state index is 12.0. The summed E-state index contributed by atoms with van der Waals surface area (Å²) in [5.74, 6) is -0.388. The van der Waals surface area contributed by atoms with Crippen LogP contribution >= 0.6 is 0 Å². The van der Waals surface area contributed by atoms with Crippen molar-refractivity contribution in [3.05, 3.63) is 51.7 Å². The number of nitro groups is 1. The lowest BCUT2D eigenvalue weighted by atomic mass is 10.2. The molecular formula is C15H20N4O3. The average molecular weight is 304 g/mol. The van der Waals surface area contributed by atoms with Crippen molar-refractivity contribution in [2.45, 2.75) is 19.8 Å². The van der Waals surface area contributed by atoms with Gasteiger partial charge < -0.3 is 5.43 Å². The Morgan fingerprint density at radius 2 is 2.27 bits per heavy atom. The van der Waals surface area contributed by atoms with E-state index in [0.717, 1.165) is 38.2 Å². The molecule has 0 fully saturated rings. The quantitative estimate of drug-likeness (QED) is 0.618. The second-order valence-electron chi connectivity index (χ2n) is 5.17. The number of hydrazine groups is 1. The summed E-state index contributed by atoms with van der Waals surface area (Å²) in [6.07, 6.45) is 4.02. The van der Waals surface area contributed by atoms with Gasteiger partial charge in [0.15, 0.2) is 0 Å². The molecule has 0 saturated heterocycles. The van der Waals surface area contributed by atoms with Gasteiger partial charge in [-0.1, -0.05) is 13.0 Å². The molecule has 2 rings (SSSR count). The Kier molecular flexibility index (Phi) is 5.48. The highest BCUT2D eigenvalue weighted by atomic mass is 16.6. The number of hydrogen-bond donors (Lipinski definition) is 2. The van der Waals surface area contributed by atoms with Crippen LogP contribution in [0.25, 0.3) is 0 Å². The largest absolute Gasteiger partial charge is 0.303 e. The number of nitro benzene ring substituents is 1. The van der Waals surface area contributed by atoms with Crippen molar-refractivity contribution in [3.8, 4) is 0 Å². The maximum atomic E-state index is 12.0. The number of carbonyl (C=O) groups excluding carboxylic acids is 1. The molecule has 0 bridgehead atoms. The van der Waals surface area contributed by atoms with Gasteiger partial charge in [0.05, 0.1) is 4.92 Å². The highest BCUT2D eigenvalue weighted by Gasteiger charge is 2.13. The van der Waals surface area contributed by atoms with E-state index < -0.39 is 4.92 Å². The van der Waals surface area contributed by atoms with Crippen LogP contribution in [0.1, 0.15) is 30.1 Å². The van der Waals surface area contributed by atoms with Gasteiger partial charge in [-0.25, -0.2) is 0 Å².